The normalized spacial score (nSPS) is 12.0. The summed E-state index contributed by atoms with van der Waals surface area (Å²) < 4.78 is 2.10. The molecule has 2 aromatic rings. The van der Waals surface area contributed by atoms with E-state index in [9.17, 15) is 4.79 Å². The third-order valence-electron chi connectivity index (χ3n) is 3.20. The fraction of sp³-hybridized carbons (Fsp3) is 0.167. The Morgan fingerprint density at radius 1 is 1.29 bits per heavy atom. The summed E-state index contributed by atoms with van der Waals surface area (Å²) in [6.07, 6.45) is 10.2. The zero-order valence-corrected chi connectivity index (χ0v) is 12.3. The number of allylic oxidation sites excluding steroid dienone is 4. The molecule has 0 unspecified atom stereocenters. The number of carboxylic acid groups (broad SMARTS) is 1. The maximum Gasteiger partial charge on any atom is 0.335 e. The summed E-state index contributed by atoms with van der Waals surface area (Å²) in [6.45, 7) is 4.90. The number of carbonyl (C=O) groups is 1. The molecule has 0 saturated carbocycles. The van der Waals surface area contributed by atoms with Crippen LogP contribution < -0.4 is 0 Å². The largest absolute Gasteiger partial charge is 0.478 e. The molecule has 0 aliphatic carbocycles. The quantitative estimate of drug-likeness (QED) is 0.827. The lowest BCUT2D eigenvalue weighted by atomic mass is 10.1. The molecule has 0 aliphatic rings. The second-order valence-electron chi connectivity index (χ2n) is 5.00. The zero-order chi connectivity index (χ0) is 15.2. The molecule has 0 aliphatic heterocycles. The molecule has 3 heteroatoms. The third-order valence-corrected chi connectivity index (χ3v) is 3.20. The van der Waals surface area contributed by atoms with Crippen LogP contribution in [-0.4, -0.2) is 15.6 Å². The van der Waals surface area contributed by atoms with Crippen molar-refractivity contribution in [2.24, 2.45) is 0 Å². The highest BCUT2D eigenvalue weighted by atomic mass is 16.4. The lowest BCUT2D eigenvalue weighted by Crippen LogP contribution is -1.96. The highest BCUT2D eigenvalue weighted by Crippen LogP contribution is 2.21. The van der Waals surface area contributed by atoms with Crippen molar-refractivity contribution in [2.75, 3.05) is 0 Å². The summed E-state index contributed by atoms with van der Waals surface area (Å²) in [5, 5.41) is 9.04. The minimum Gasteiger partial charge on any atom is -0.478 e. The standard InChI is InChI=1S/C18H19NO2/c1-3-4-6-14(2)12-19-10-9-17(13-19)15-7-5-8-16(11-15)18(20)21/h3-11,13H,12H2,1-2H3,(H,20,21)/b4-3-,14-6-. The van der Waals surface area contributed by atoms with Crippen LogP contribution in [0.5, 0.6) is 0 Å². The maximum absolute atomic E-state index is 11.0. The van der Waals surface area contributed by atoms with Gasteiger partial charge in [-0.05, 0) is 43.2 Å². The van der Waals surface area contributed by atoms with Crippen molar-refractivity contribution in [3.8, 4) is 11.1 Å². The second-order valence-corrected chi connectivity index (χ2v) is 5.00. The van der Waals surface area contributed by atoms with E-state index in [1.54, 1.807) is 18.2 Å². The molecular weight excluding hydrogens is 262 g/mol. The van der Waals surface area contributed by atoms with Crippen molar-refractivity contribution in [2.45, 2.75) is 20.4 Å². The molecule has 0 spiro atoms. The van der Waals surface area contributed by atoms with E-state index in [0.717, 1.165) is 17.7 Å². The minimum absolute atomic E-state index is 0.310. The molecule has 1 heterocycles. The van der Waals surface area contributed by atoms with Crippen molar-refractivity contribution in [1.82, 2.24) is 4.57 Å². The molecule has 0 bridgehead atoms. The molecule has 3 nitrogen and oxygen atoms in total. The van der Waals surface area contributed by atoms with Gasteiger partial charge >= 0.3 is 5.97 Å². The number of aromatic nitrogens is 1. The van der Waals surface area contributed by atoms with Gasteiger partial charge in [0.25, 0.3) is 0 Å². The van der Waals surface area contributed by atoms with Crippen LogP contribution in [0.1, 0.15) is 24.2 Å². The van der Waals surface area contributed by atoms with Crippen molar-refractivity contribution in [3.05, 3.63) is 72.1 Å². The van der Waals surface area contributed by atoms with E-state index < -0.39 is 5.97 Å². The smallest absolute Gasteiger partial charge is 0.335 e. The average Bonchev–Trinajstić information content (AvgIpc) is 2.93. The Kier molecular flexibility index (Phi) is 4.77. The molecule has 0 radical (unpaired) electrons. The topological polar surface area (TPSA) is 42.2 Å². The summed E-state index contributed by atoms with van der Waals surface area (Å²) in [6, 6.07) is 9.00. The number of carboxylic acids is 1. The van der Waals surface area contributed by atoms with Crippen LogP contribution in [0, 0.1) is 0 Å². The van der Waals surface area contributed by atoms with E-state index in [1.807, 2.05) is 43.6 Å². The molecule has 0 fully saturated rings. The van der Waals surface area contributed by atoms with Gasteiger partial charge in [-0.1, -0.05) is 35.9 Å². The Labute approximate surface area is 124 Å². The van der Waals surface area contributed by atoms with Crippen molar-refractivity contribution >= 4 is 5.97 Å². The molecule has 2 rings (SSSR count). The van der Waals surface area contributed by atoms with Gasteiger partial charge in [-0.2, -0.15) is 0 Å². The summed E-state index contributed by atoms with van der Waals surface area (Å²) in [5.41, 5.74) is 3.51. The first-order valence-electron chi connectivity index (χ1n) is 6.88. The van der Waals surface area contributed by atoms with Crippen LogP contribution in [-0.2, 0) is 6.54 Å². The van der Waals surface area contributed by atoms with Gasteiger partial charge in [0.15, 0.2) is 0 Å². The molecule has 0 saturated heterocycles. The zero-order valence-electron chi connectivity index (χ0n) is 12.3. The van der Waals surface area contributed by atoms with Gasteiger partial charge in [0.05, 0.1) is 5.56 Å². The van der Waals surface area contributed by atoms with Crippen molar-refractivity contribution < 1.29 is 9.90 Å². The molecule has 21 heavy (non-hydrogen) atoms. The number of rotatable bonds is 5. The van der Waals surface area contributed by atoms with Crippen LogP contribution in [0.3, 0.4) is 0 Å². The SMILES string of the molecule is C/C=C\C=C(\C)Cn1ccc(-c2cccc(C(=O)O)c2)c1. The van der Waals surface area contributed by atoms with Crippen LogP contribution in [0.2, 0.25) is 0 Å². The summed E-state index contributed by atoms with van der Waals surface area (Å²) in [5.74, 6) is -0.901. The average molecular weight is 281 g/mol. The first kappa shape index (κ1) is 14.9. The van der Waals surface area contributed by atoms with Gasteiger partial charge in [-0.25, -0.2) is 4.79 Å². The molecule has 108 valence electrons. The molecule has 1 aromatic heterocycles. The van der Waals surface area contributed by atoms with Gasteiger partial charge in [-0.3, -0.25) is 0 Å². The van der Waals surface area contributed by atoms with Crippen molar-refractivity contribution in [3.63, 3.8) is 0 Å². The summed E-state index contributed by atoms with van der Waals surface area (Å²) in [7, 11) is 0. The van der Waals surface area contributed by atoms with Gasteiger partial charge in [0, 0.05) is 18.9 Å². The Balaban J connectivity index is 2.20. The first-order chi connectivity index (χ1) is 10.1. The van der Waals surface area contributed by atoms with E-state index in [0.29, 0.717) is 5.56 Å². The fourth-order valence-electron chi connectivity index (χ4n) is 2.14. The van der Waals surface area contributed by atoms with Gasteiger partial charge in [0.2, 0.25) is 0 Å². The summed E-state index contributed by atoms with van der Waals surface area (Å²) >= 11 is 0. The lowest BCUT2D eigenvalue weighted by Gasteiger charge is -2.03. The van der Waals surface area contributed by atoms with Gasteiger partial charge < -0.3 is 9.67 Å². The number of benzene rings is 1. The number of hydrogen-bond donors (Lipinski definition) is 1. The predicted octanol–water partition coefficient (Wildman–Crippen LogP) is 4.38. The Hall–Kier alpha value is -2.55. The number of hydrogen-bond acceptors (Lipinski definition) is 1. The second kappa shape index (κ2) is 6.75. The molecule has 1 N–H and O–H groups in total. The molecule has 0 atom stereocenters. The molecule has 0 amide bonds. The monoisotopic (exact) mass is 281 g/mol. The lowest BCUT2D eigenvalue weighted by molar-refractivity contribution is 0.0697. The van der Waals surface area contributed by atoms with Crippen LogP contribution >= 0.6 is 0 Å². The number of aromatic carboxylic acids is 1. The van der Waals surface area contributed by atoms with Crippen LogP contribution in [0.4, 0.5) is 0 Å². The Morgan fingerprint density at radius 2 is 2.10 bits per heavy atom. The van der Waals surface area contributed by atoms with Crippen molar-refractivity contribution in [1.29, 1.82) is 0 Å². The van der Waals surface area contributed by atoms with E-state index >= 15 is 0 Å². The Morgan fingerprint density at radius 3 is 2.81 bits per heavy atom. The molecule has 1 aromatic carbocycles. The highest BCUT2D eigenvalue weighted by molar-refractivity contribution is 5.89. The van der Waals surface area contributed by atoms with E-state index in [4.69, 9.17) is 5.11 Å². The fourth-order valence-corrected chi connectivity index (χ4v) is 2.14. The number of nitrogens with zero attached hydrogens (tertiary/aromatic N) is 1. The Bertz CT molecular complexity index is 693. The van der Waals surface area contributed by atoms with Gasteiger partial charge in [0.1, 0.15) is 0 Å². The van der Waals surface area contributed by atoms with E-state index in [2.05, 4.69) is 17.6 Å². The minimum atomic E-state index is -0.901. The predicted molar refractivity (Wildman–Crippen MR) is 85.4 cm³/mol. The highest BCUT2D eigenvalue weighted by Gasteiger charge is 2.06. The van der Waals surface area contributed by atoms with Crippen LogP contribution in [0.15, 0.2) is 66.5 Å². The van der Waals surface area contributed by atoms with E-state index in [1.165, 1.54) is 5.57 Å². The maximum atomic E-state index is 11.0. The summed E-state index contributed by atoms with van der Waals surface area (Å²) in [4.78, 5) is 11.0. The van der Waals surface area contributed by atoms with Gasteiger partial charge in [-0.15, -0.1) is 0 Å². The molecular formula is C18H19NO2. The first-order valence-corrected chi connectivity index (χ1v) is 6.88. The van der Waals surface area contributed by atoms with E-state index in [-0.39, 0.29) is 0 Å². The third kappa shape index (κ3) is 3.96. The van der Waals surface area contributed by atoms with Crippen LogP contribution in [0.25, 0.3) is 11.1 Å².